The molecule has 0 amide bonds. The zero-order valence-corrected chi connectivity index (χ0v) is 11.4. The fraction of sp³-hybridized carbons (Fsp3) is 0.538. The maximum absolute atomic E-state index is 4.37. The van der Waals surface area contributed by atoms with Gasteiger partial charge in [0.25, 0.3) is 0 Å². The number of thiophene rings is 1. The maximum Gasteiger partial charge on any atom is 0.138 e. The molecule has 1 unspecified atom stereocenters. The third-order valence-electron chi connectivity index (χ3n) is 3.41. The van der Waals surface area contributed by atoms with E-state index in [1.54, 1.807) is 17.7 Å². The molecule has 0 bridgehead atoms. The Morgan fingerprint density at radius 3 is 3.28 bits per heavy atom. The van der Waals surface area contributed by atoms with Crippen LogP contribution in [0, 0.1) is 12.8 Å². The quantitative estimate of drug-likeness (QED) is 0.892. The van der Waals surface area contributed by atoms with Gasteiger partial charge in [-0.25, -0.2) is 9.97 Å². The van der Waals surface area contributed by atoms with Crippen LogP contribution in [-0.2, 0) is 0 Å². The third kappa shape index (κ3) is 2.47. The van der Waals surface area contributed by atoms with Crippen LogP contribution in [0.25, 0.3) is 10.2 Å². The molecule has 1 saturated heterocycles. The van der Waals surface area contributed by atoms with Gasteiger partial charge in [-0.1, -0.05) is 0 Å². The summed E-state index contributed by atoms with van der Waals surface area (Å²) >= 11 is 1.72. The average molecular weight is 262 g/mol. The largest absolute Gasteiger partial charge is 0.369 e. The molecule has 2 aromatic rings. The molecule has 0 saturated carbocycles. The lowest BCUT2D eigenvalue weighted by atomic mass is 10.00. The molecule has 3 rings (SSSR count). The van der Waals surface area contributed by atoms with Crippen LogP contribution in [0.3, 0.4) is 0 Å². The van der Waals surface area contributed by atoms with E-state index in [0.717, 1.165) is 35.7 Å². The summed E-state index contributed by atoms with van der Waals surface area (Å²) in [4.78, 5) is 11.0. The maximum atomic E-state index is 4.37. The minimum atomic E-state index is 0.712. The second kappa shape index (κ2) is 5.20. The monoisotopic (exact) mass is 262 g/mol. The van der Waals surface area contributed by atoms with E-state index < -0.39 is 0 Å². The van der Waals surface area contributed by atoms with Crippen LogP contribution in [-0.4, -0.2) is 29.6 Å². The van der Waals surface area contributed by atoms with Gasteiger partial charge in [-0.05, 0) is 44.8 Å². The molecular weight excluding hydrogens is 244 g/mol. The Labute approximate surface area is 111 Å². The van der Waals surface area contributed by atoms with Gasteiger partial charge >= 0.3 is 0 Å². The molecular formula is C13H18N4S. The number of anilines is 1. The fourth-order valence-corrected chi connectivity index (χ4v) is 3.30. The number of rotatable bonds is 3. The smallest absolute Gasteiger partial charge is 0.138 e. The van der Waals surface area contributed by atoms with Gasteiger partial charge in [0, 0.05) is 11.4 Å². The minimum absolute atomic E-state index is 0.712. The number of nitrogens with one attached hydrogen (secondary N) is 2. The molecule has 1 fully saturated rings. The Balaban J connectivity index is 1.73. The molecule has 1 aliphatic rings. The number of aryl methyl sites for hydroxylation is 1. The van der Waals surface area contributed by atoms with E-state index in [4.69, 9.17) is 0 Å². The Morgan fingerprint density at radius 1 is 1.50 bits per heavy atom. The van der Waals surface area contributed by atoms with Crippen LogP contribution in [0.1, 0.15) is 17.7 Å². The molecule has 1 aliphatic heterocycles. The topological polar surface area (TPSA) is 49.8 Å². The fourth-order valence-electron chi connectivity index (χ4n) is 2.46. The first-order valence-electron chi connectivity index (χ1n) is 6.48. The highest BCUT2D eigenvalue weighted by molar-refractivity contribution is 7.18. The summed E-state index contributed by atoms with van der Waals surface area (Å²) in [5, 5.41) is 8.08. The highest BCUT2D eigenvalue weighted by Crippen LogP contribution is 2.27. The van der Waals surface area contributed by atoms with Gasteiger partial charge in [0.1, 0.15) is 17.0 Å². The van der Waals surface area contributed by atoms with Crippen LogP contribution in [0.4, 0.5) is 5.82 Å². The Bertz CT molecular complexity index is 531. The van der Waals surface area contributed by atoms with E-state index >= 15 is 0 Å². The lowest BCUT2D eigenvalue weighted by Gasteiger charge is -2.23. The summed E-state index contributed by atoms with van der Waals surface area (Å²) in [7, 11) is 0. The highest BCUT2D eigenvalue weighted by Gasteiger charge is 2.13. The van der Waals surface area contributed by atoms with E-state index in [1.807, 2.05) is 0 Å². The van der Waals surface area contributed by atoms with E-state index in [9.17, 15) is 0 Å². The molecule has 1 atom stereocenters. The van der Waals surface area contributed by atoms with Gasteiger partial charge in [0.2, 0.25) is 0 Å². The highest BCUT2D eigenvalue weighted by atomic mass is 32.1. The first kappa shape index (κ1) is 11.9. The molecule has 2 aromatic heterocycles. The first-order chi connectivity index (χ1) is 8.83. The van der Waals surface area contributed by atoms with Gasteiger partial charge in [0.15, 0.2) is 0 Å². The molecule has 0 aliphatic carbocycles. The lowest BCUT2D eigenvalue weighted by Crippen LogP contribution is -2.33. The summed E-state index contributed by atoms with van der Waals surface area (Å²) in [6.07, 6.45) is 4.24. The SMILES string of the molecule is Cc1cc2c(NCC3CCCNC3)ncnc2s1. The average Bonchev–Trinajstić information content (AvgIpc) is 2.78. The summed E-state index contributed by atoms with van der Waals surface area (Å²) in [5.74, 6) is 1.69. The summed E-state index contributed by atoms with van der Waals surface area (Å²) in [5.41, 5.74) is 0. The minimum Gasteiger partial charge on any atom is -0.369 e. The van der Waals surface area contributed by atoms with Crippen molar-refractivity contribution in [3.8, 4) is 0 Å². The summed E-state index contributed by atoms with van der Waals surface area (Å²) < 4.78 is 0. The van der Waals surface area contributed by atoms with Crippen molar-refractivity contribution in [2.24, 2.45) is 5.92 Å². The van der Waals surface area contributed by atoms with Gasteiger partial charge in [-0.15, -0.1) is 11.3 Å². The zero-order chi connectivity index (χ0) is 12.4. The van der Waals surface area contributed by atoms with Crippen molar-refractivity contribution in [3.05, 3.63) is 17.3 Å². The molecule has 96 valence electrons. The van der Waals surface area contributed by atoms with Crippen molar-refractivity contribution in [3.63, 3.8) is 0 Å². The van der Waals surface area contributed by atoms with Crippen LogP contribution in [0.5, 0.6) is 0 Å². The van der Waals surface area contributed by atoms with Gasteiger partial charge < -0.3 is 10.6 Å². The Hall–Kier alpha value is -1.20. The van der Waals surface area contributed by atoms with Gasteiger partial charge in [-0.2, -0.15) is 0 Å². The van der Waals surface area contributed by atoms with Crippen LogP contribution < -0.4 is 10.6 Å². The standard InChI is InChI=1S/C13H18N4S/c1-9-5-11-12(16-8-17-13(11)18-9)15-7-10-3-2-4-14-6-10/h5,8,10,14H,2-4,6-7H2,1H3,(H,15,16,17). The lowest BCUT2D eigenvalue weighted by molar-refractivity contribution is 0.392. The molecule has 5 heteroatoms. The zero-order valence-electron chi connectivity index (χ0n) is 10.6. The predicted molar refractivity (Wildman–Crippen MR) is 76.2 cm³/mol. The molecule has 18 heavy (non-hydrogen) atoms. The van der Waals surface area contributed by atoms with Crippen LogP contribution in [0.2, 0.25) is 0 Å². The summed E-state index contributed by atoms with van der Waals surface area (Å²) in [6, 6.07) is 2.17. The molecule has 0 aromatic carbocycles. The number of piperidine rings is 1. The number of hydrogen-bond acceptors (Lipinski definition) is 5. The molecule has 0 spiro atoms. The normalized spacial score (nSPS) is 20.2. The van der Waals surface area contributed by atoms with Gasteiger partial charge in [0.05, 0.1) is 5.39 Å². The number of hydrogen-bond donors (Lipinski definition) is 2. The third-order valence-corrected chi connectivity index (χ3v) is 4.37. The van der Waals surface area contributed by atoms with Gasteiger partial charge in [-0.3, -0.25) is 0 Å². The first-order valence-corrected chi connectivity index (χ1v) is 7.30. The van der Waals surface area contributed by atoms with Crippen molar-refractivity contribution < 1.29 is 0 Å². The van der Waals surface area contributed by atoms with Crippen molar-refractivity contribution in [2.45, 2.75) is 19.8 Å². The van der Waals surface area contributed by atoms with Crippen molar-refractivity contribution in [1.29, 1.82) is 0 Å². The second-order valence-electron chi connectivity index (χ2n) is 4.89. The molecule has 0 radical (unpaired) electrons. The van der Waals surface area contributed by atoms with E-state index in [1.165, 1.54) is 17.7 Å². The Kier molecular flexibility index (Phi) is 3.43. The second-order valence-corrected chi connectivity index (χ2v) is 6.13. The number of fused-ring (bicyclic) bond motifs is 1. The van der Waals surface area contributed by atoms with E-state index in [2.05, 4.69) is 33.6 Å². The number of nitrogens with zero attached hydrogens (tertiary/aromatic N) is 2. The molecule has 2 N–H and O–H groups in total. The predicted octanol–water partition coefficient (Wildman–Crippen LogP) is 2.41. The summed E-state index contributed by atoms with van der Waals surface area (Å²) in [6.45, 7) is 5.39. The molecule has 4 nitrogen and oxygen atoms in total. The van der Waals surface area contributed by atoms with Crippen molar-refractivity contribution in [1.82, 2.24) is 15.3 Å². The van der Waals surface area contributed by atoms with Crippen LogP contribution >= 0.6 is 11.3 Å². The van der Waals surface area contributed by atoms with E-state index in [-0.39, 0.29) is 0 Å². The van der Waals surface area contributed by atoms with E-state index in [0.29, 0.717) is 5.92 Å². The Morgan fingerprint density at radius 2 is 2.44 bits per heavy atom. The number of aromatic nitrogens is 2. The van der Waals surface area contributed by atoms with Crippen LogP contribution in [0.15, 0.2) is 12.4 Å². The molecule has 3 heterocycles. The van der Waals surface area contributed by atoms with Crippen molar-refractivity contribution in [2.75, 3.05) is 25.0 Å². The van der Waals surface area contributed by atoms with Crippen molar-refractivity contribution >= 4 is 27.4 Å².